The maximum atomic E-state index is 13.4. The van der Waals surface area contributed by atoms with Gasteiger partial charge in [-0.05, 0) is 6.92 Å². The summed E-state index contributed by atoms with van der Waals surface area (Å²) in [4.78, 5) is 31.7. The van der Waals surface area contributed by atoms with Crippen molar-refractivity contribution in [3.63, 3.8) is 0 Å². The van der Waals surface area contributed by atoms with Crippen LogP contribution in [-0.2, 0) is 33.2 Å². The number of halogens is 6. The van der Waals surface area contributed by atoms with Crippen molar-refractivity contribution in [1.82, 2.24) is 20.1 Å². The van der Waals surface area contributed by atoms with Crippen LogP contribution in [0.5, 0.6) is 0 Å². The van der Waals surface area contributed by atoms with Crippen LogP contribution in [0.3, 0.4) is 0 Å². The lowest BCUT2D eigenvalue weighted by atomic mass is 10.0. The number of rotatable bonds is 7. The number of anilines is 2. The minimum Gasteiger partial charge on any atom is -0.379 e. The Morgan fingerprint density at radius 2 is 2.02 bits per heavy atom. The zero-order chi connectivity index (χ0) is 29.9. The molecule has 2 atom stereocenters. The minimum absolute atomic E-state index is 0.0248. The fourth-order valence-electron chi connectivity index (χ4n) is 4.74. The van der Waals surface area contributed by atoms with Gasteiger partial charge in [0.15, 0.2) is 0 Å². The van der Waals surface area contributed by atoms with Crippen LogP contribution in [0.15, 0.2) is 17.2 Å². The number of carbonyl (C=O) groups excluding carboxylic acids is 1. The maximum Gasteiger partial charge on any atom is 0.423 e. The van der Waals surface area contributed by atoms with Gasteiger partial charge in [-0.15, -0.1) is 0 Å². The molecule has 222 valence electrons. The summed E-state index contributed by atoms with van der Waals surface area (Å²) in [5.41, 5.74) is -4.89. The van der Waals surface area contributed by atoms with Crippen molar-refractivity contribution >= 4 is 17.4 Å². The molecule has 0 aromatic carbocycles. The molecule has 2 aromatic rings. The van der Waals surface area contributed by atoms with Crippen molar-refractivity contribution in [3.05, 3.63) is 45.0 Å². The molecule has 0 spiro atoms. The fraction of sp³-hybridized carbons (Fsp3) is 0.542. The van der Waals surface area contributed by atoms with Crippen LogP contribution in [-0.4, -0.2) is 77.5 Å². The summed E-state index contributed by atoms with van der Waals surface area (Å²) in [7, 11) is 0. The van der Waals surface area contributed by atoms with Crippen molar-refractivity contribution in [2.75, 3.05) is 49.7 Å². The van der Waals surface area contributed by atoms with E-state index < -0.39 is 52.4 Å². The van der Waals surface area contributed by atoms with Crippen molar-refractivity contribution < 1.29 is 40.6 Å². The van der Waals surface area contributed by atoms with E-state index in [0.717, 1.165) is 6.20 Å². The standard InChI is InChI=1S/C24H25F6N7O4/c1-13(34-18-8-33-35-22(39)20(18)24(28,29)30)10-40-5-2-19(38)36-3-4-37-14(9-36)11-41-12-16-15(6-31)17(23(25,26)27)7-32-21(16)37/h7-8,13-14H,2-5,9-12H2,1H3,(H2,34,35,39)/t13-,14?/m0/s1. The smallest absolute Gasteiger partial charge is 0.379 e. The van der Waals surface area contributed by atoms with E-state index >= 15 is 0 Å². The van der Waals surface area contributed by atoms with Crippen LogP contribution in [0, 0.1) is 11.3 Å². The summed E-state index contributed by atoms with van der Waals surface area (Å²) < 4.78 is 90.7. The van der Waals surface area contributed by atoms with Crippen LogP contribution in [0.25, 0.3) is 0 Å². The van der Waals surface area contributed by atoms with Gasteiger partial charge < -0.3 is 24.6 Å². The van der Waals surface area contributed by atoms with E-state index in [1.165, 1.54) is 6.92 Å². The van der Waals surface area contributed by atoms with Crippen LogP contribution >= 0.6 is 0 Å². The van der Waals surface area contributed by atoms with E-state index in [1.807, 2.05) is 0 Å². The lowest BCUT2D eigenvalue weighted by Gasteiger charge is -2.41. The summed E-state index contributed by atoms with van der Waals surface area (Å²) in [5, 5.41) is 17.1. The molecule has 2 aromatic heterocycles. The third-order valence-corrected chi connectivity index (χ3v) is 6.61. The van der Waals surface area contributed by atoms with Gasteiger partial charge in [0.2, 0.25) is 5.91 Å². The average Bonchev–Trinajstić information content (AvgIpc) is 3.08. The predicted octanol–water partition coefficient (Wildman–Crippen LogP) is 2.53. The number of ether oxygens (including phenoxy) is 2. The Labute approximate surface area is 229 Å². The van der Waals surface area contributed by atoms with Crippen molar-refractivity contribution in [1.29, 1.82) is 5.26 Å². The molecule has 2 aliphatic rings. The number of nitriles is 1. The average molecular weight is 589 g/mol. The summed E-state index contributed by atoms with van der Waals surface area (Å²) in [6.07, 6.45) is -8.17. The number of H-pyrrole nitrogens is 1. The van der Waals surface area contributed by atoms with Crippen molar-refractivity contribution in [2.24, 2.45) is 0 Å². The first-order valence-electron chi connectivity index (χ1n) is 12.4. The van der Waals surface area contributed by atoms with Gasteiger partial charge in [0.1, 0.15) is 17.5 Å². The van der Waals surface area contributed by atoms with Gasteiger partial charge >= 0.3 is 12.4 Å². The Morgan fingerprint density at radius 1 is 1.27 bits per heavy atom. The van der Waals surface area contributed by atoms with E-state index in [4.69, 9.17) is 9.47 Å². The quantitative estimate of drug-likeness (QED) is 0.369. The number of nitrogens with one attached hydrogen (secondary N) is 2. The Kier molecular flexibility index (Phi) is 8.73. The molecule has 11 nitrogen and oxygen atoms in total. The molecular formula is C24H25F6N7O4. The number of nitrogens with zero attached hydrogens (tertiary/aromatic N) is 5. The molecule has 0 bridgehead atoms. The SMILES string of the molecule is C[C@@H](COCCC(=O)N1CCN2c3ncc(C(F)(F)F)c(C#N)c3COCC2C1)Nc1cn[nH]c(=O)c1C(F)(F)F. The topological polar surface area (TPSA) is 136 Å². The number of aromatic amines is 1. The Bertz CT molecular complexity index is 1370. The van der Waals surface area contributed by atoms with Crippen LogP contribution < -0.4 is 15.8 Å². The van der Waals surface area contributed by atoms with Gasteiger partial charge in [0.05, 0.1) is 61.9 Å². The third kappa shape index (κ3) is 6.70. The first kappa shape index (κ1) is 30.1. The molecule has 0 saturated carbocycles. The number of aromatic nitrogens is 3. The lowest BCUT2D eigenvalue weighted by molar-refractivity contribution is -0.139. The second-order valence-electron chi connectivity index (χ2n) is 9.52. The number of hydrogen-bond acceptors (Lipinski definition) is 9. The van der Waals surface area contributed by atoms with E-state index in [-0.39, 0.29) is 69.8 Å². The minimum atomic E-state index is -4.89. The lowest BCUT2D eigenvalue weighted by Crippen LogP contribution is -2.56. The monoisotopic (exact) mass is 589 g/mol. The Balaban J connectivity index is 1.31. The highest BCUT2D eigenvalue weighted by molar-refractivity contribution is 5.77. The second-order valence-corrected chi connectivity index (χ2v) is 9.52. The number of alkyl halides is 6. The molecule has 41 heavy (non-hydrogen) atoms. The predicted molar refractivity (Wildman–Crippen MR) is 130 cm³/mol. The summed E-state index contributed by atoms with van der Waals surface area (Å²) in [6, 6.07) is 0.574. The third-order valence-electron chi connectivity index (χ3n) is 6.61. The molecule has 1 amide bonds. The summed E-state index contributed by atoms with van der Waals surface area (Å²) >= 11 is 0. The molecule has 2 N–H and O–H groups in total. The molecule has 4 rings (SSSR count). The first-order valence-corrected chi connectivity index (χ1v) is 12.4. The van der Waals surface area contributed by atoms with E-state index in [2.05, 4.69) is 15.4 Å². The number of carbonyl (C=O) groups is 1. The maximum absolute atomic E-state index is 13.4. The molecule has 17 heteroatoms. The highest BCUT2D eigenvalue weighted by atomic mass is 19.4. The second kappa shape index (κ2) is 11.9. The van der Waals surface area contributed by atoms with Gasteiger partial charge in [-0.1, -0.05) is 0 Å². The van der Waals surface area contributed by atoms with Crippen LogP contribution in [0.1, 0.15) is 35.6 Å². The van der Waals surface area contributed by atoms with E-state index in [9.17, 15) is 41.2 Å². The largest absolute Gasteiger partial charge is 0.423 e. The van der Waals surface area contributed by atoms with Gasteiger partial charge in [0, 0.05) is 37.4 Å². The number of piperazine rings is 1. The number of amides is 1. The molecule has 0 radical (unpaired) electrons. The molecular weight excluding hydrogens is 564 g/mol. The normalized spacial score (nSPS) is 18.1. The van der Waals surface area contributed by atoms with Gasteiger partial charge in [-0.3, -0.25) is 9.59 Å². The zero-order valence-corrected chi connectivity index (χ0v) is 21.6. The molecule has 0 aliphatic carbocycles. The Hall–Kier alpha value is -3.91. The Morgan fingerprint density at radius 3 is 2.71 bits per heavy atom. The first-order chi connectivity index (χ1) is 19.3. The number of pyridine rings is 1. The van der Waals surface area contributed by atoms with E-state index in [0.29, 0.717) is 6.20 Å². The fourth-order valence-corrected chi connectivity index (χ4v) is 4.74. The van der Waals surface area contributed by atoms with Crippen LogP contribution in [0.4, 0.5) is 37.8 Å². The van der Waals surface area contributed by atoms with Crippen molar-refractivity contribution in [3.8, 4) is 6.07 Å². The number of fused-ring (bicyclic) bond motifs is 3. The van der Waals surface area contributed by atoms with Gasteiger partial charge in [0.25, 0.3) is 5.56 Å². The molecule has 1 unspecified atom stereocenters. The van der Waals surface area contributed by atoms with Gasteiger partial charge in [-0.2, -0.15) is 36.7 Å². The molecule has 1 saturated heterocycles. The highest BCUT2D eigenvalue weighted by Gasteiger charge is 2.40. The van der Waals surface area contributed by atoms with Crippen LogP contribution in [0.2, 0.25) is 0 Å². The van der Waals surface area contributed by atoms with Crippen molar-refractivity contribution in [2.45, 2.75) is 44.4 Å². The molecule has 2 aliphatic heterocycles. The molecule has 4 heterocycles. The zero-order valence-electron chi connectivity index (χ0n) is 21.6. The summed E-state index contributed by atoms with van der Waals surface area (Å²) in [6.45, 7) is 2.02. The highest BCUT2D eigenvalue weighted by Crippen LogP contribution is 2.37. The summed E-state index contributed by atoms with van der Waals surface area (Å²) in [5.74, 6) is -0.0377. The number of hydrogen-bond donors (Lipinski definition) is 2. The molecule has 1 fully saturated rings. The van der Waals surface area contributed by atoms with E-state index in [1.54, 1.807) is 21.0 Å². The van der Waals surface area contributed by atoms with Gasteiger partial charge in [-0.25, -0.2) is 10.1 Å².